The number of hydrogen-bond acceptors (Lipinski definition) is 2. The lowest BCUT2D eigenvalue weighted by Crippen LogP contribution is -2.61. The van der Waals surface area contributed by atoms with E-state index in [-0.39, 0.29) is 44.6 Å². The second-order valence-corrected chi connectivity index (χ2v) is 37.1. The first-order chi connectivity index (χ1) is 49.9. The Labute approximate surface area is 623 Å². The van der Waals surface area contributed by atoms with Crippen molar-refractivity contribution in [3.8, 4) is 44.8 Å². The van der Waals surface area contributed by atoms with E-state index in [4.69, 9.17) is 0 Å². The molecule has 0 atom stereocenters. The van der Waals surface area contributed by atoms with Crippen molar-refractivity contribution in [1.82, 2.24) is 9.13 Å². The SMILES string of the molecule is CC(C)(C)c1ccc2c(c1)c1cc(C(C)(C)C)ccc1n2-c1ccc2c(c1)N(c1ccc(-c3ccc4c(c3)C(C)(C)CCC4(C)C)cc1)c1cc(-n3c4ccccc4c4ccccc43)cc3c1B2c1ccc(-c2ccccc2C(C)(C)C)cc1N3c1ccc(-c2ccc3c(c2)C(C)(C)CCC3(C)C)cc1. The zero-order valence-electron chi connectivity index (χ0n) is 64.8. The Morgan fingerprint density at radius 2 is 0.667 bits per heavy atom. The first kappa shape index (κ1) is 66.8. The van der Waals surface area contributed by atoms with Gasteiger partial charge in [0, 0.05) is 61.4 Å². The van der Waals surface area contributed by atoms with Gasteiger partial charge in [0.05, 0.1) is 27.8 Å². The van der Waals surface area contributed by atoms with Gasteiger partial charge in [-0.05, 0) is 243 Å². The van der Waals surface area contributed by atoms with Crippen LogP contribution >= 0.6 is 0 Å². The number of aromatic nitrogens is 2. The van der Waals surface area contributed by atoms with Crippen LogP contribution in [0.15, 0.2) is 243 Å². The lowest BCUT2D eigenvalue weighted by atomic mass is 9.33. The molecule has 522 valence electrons. The molecule has 0 saturated carbocycles. The largest absolute Gasteiger partial charge is 0.311 e. The molecule has 0 fully saturated rings. The van der Waals surface area contributed by atoms with E-state index in [9.17, 15) is 0 Å². The van der Waals surface area contributed by atoms with Crippen LogP contribution in [0, 0.1) is 0 Å². The van der Waals surface area contributed by atoms with Crippen LogP contribution in [0.25, 0.3) is 88.4 Å². The summed E-state index contributed by atoms with van der Waals surface area (Å²) >= 11 is 0. The summed E-state index contributed by atoms with van der Waals surface area (Å²) in [7, 11) is 0. The van der Waals surface area contributed by atoms with Crippen molar-refractivity contribution >= 4 is 101 Å². The molecule has 0 spiro atoms. The van der Waals surface area contributed by atoms with Crippen molar-refractivity contribution in [2.75, 3.05) is 9.80 Å². The normalized spacial score (nSPS) is 16.3. The fraction of sp³-hybridized carbons (Fsp3) is 0.280. The molecular weight excluding hydrogens is 1270 g/mol. The molecule has 0 radical (unpaired) electrons. The fourth-order valence-corrected chi connectivity index (χ4v) is 18.9. The zero-order chi connectivity index (χ0) is 73.0. The fourth-order valence-electron chi connectivity index (χ4n) is 18.9. The third kappa shape index (κ3) is 10.6. The molecule has 2 aliphatic heterocycles. The molecule has 12 aromatic carbocycles. The number of rotatable bonds is 7. The molecule has 4 nitrogen and oxygen atoms in total. The number of para-hydroxylation sites is 2. The van der Waals surface area contributed by atoms with Crippen molar-refractivity contribution in [3.05, 3.63) is 282 Å². The molecule has 4 aliphatic rings. The lowest BCUT2D eigenvalue weighted by molar-refractivity contribution is 0.332. The highest BCUT2D eigenvalue weighted by Gasteiger charge is 2.46. The van der Waals surface area contributed by atoms with E-state index in [2.05, 4.69) is 379 Å². The number of fused-ring (bicyclic) bond motifs is 12. The van der Waals surface area contributed by atoms with Crippen molar-refractivity contribution < 1.29 is 0 Å². The van der Waals surface area contributed by atoms with Gasteiger partial charge >= 0.3 is 0 Å². The van der Waals surface area contributed by atoms with E-state index in [1.807, 2.05) is 0 Å². The predicted molar refractivity (Wildman–Crippen MR) is 452 cm³/mol. The van der Waals surface area contributed by atoms with Crippen LogP contribution in [-0.2, 0) is 37.9 Å². The summed E-state index contributed by atoms with van der Waals surface area (Å²) in [5, 5.41) is 5.03. The topological polar surface area (TPSA) is 16.3 Å². The van der Waals surface area contributed by atoms with Gasteiger partial charge < -0.3 is 18.9 Å². The highest BCUT2D eigenvalue weighted by molar-refractivity contribution is 7.00. The van der Waals surface area contributed by atoms with Gasteiger partial charge in [0.25, 0.3) is 6.71 Å². The molecular formula is C100H99BN4. The molecule has 0 amide bonds. The Bertz CT molecular complexity index is 5800. The molecule has 0 bridgehead atoms. The smallest absolute Gasteiger partial charge is 0.252 e. The Hall–Kier alpha value is -10.1. The Morgan fingerprint density at radius 3 is 1.14 bits per heavy atom. The number of nitrogens with zero attached hydrogens (tertiary/aromatic N) is 4. The van der Waals surface area contributed by atoms with Gasteiger partial charge in [-0.1, -0.05) is 269 Å². The van der Waals surface area contributed by atoms with Crippen molar-refractivity contribution in [3.63, 3.8) is 0 Å². The minimum absolute atomic E-state index is 0.0346. The minimum Gasteiger partial charge on any atom is -0.311 e. The van der Waals surface area contributed by atoms with Crippen molar-refractivity contribution in [2.24, 2.45) is 0 Å². The summed E-state index contributed by atoms with van der Waals surface area (Å²) in [6, 6.07) is 95.6. The van der Waals surface area contributed by atoms with E-state index in [1.165, 1.54) is 164 Å². The Morgan fingerprint density at radius 1 is 0.286 bits per heavy atom. The molecule has 0 unspecified atom stereocenters. The second-order valence-electron chi connectivity index (χ2n) is 37.1. The molecule has 18 rings (SSSR count). The number of benzene rings is 12. The maximum Gasteiger partial charge on any atom is 0.252 e. The van der Waals surface area contributed by atoms with Gasteiger partial charge in [0.2, 0.25) is 0 Å². The Balaban J connectivity index is 0.927. The molecule has 14 aromatic rings. The zero-order valence-corrected chi connectivity index (χ0v) is 64.8. The minimum atomic E-state index is -0.160. The van der Waals surface area contributed by atoms with E-state index >= 15 is 0 Å². The van der Waals surface area contributed by atoms with Crippen molar-refractivity contribution in [2.45, 2.75) is 181 Å². The summed E-state index contributed by atoms with van der Waals surface area (Å²) in [5.41, 5.74) is 35.3. The van der Waals surface area contributed by atoms with Gasteiger partial charge in [-0.2, -0.15) is 0 Å². The van der Waals surface area contributed by atoms with Gasteiger partial charge in [0.1, 0.15) is 0 Å². The molecule has 105 heavy (non-hydrogen) atoms. The van der Waals surface area contributed by atoms with Gasteiger partial charge in [0.15, 0.2) is 0 Å². The summed E-state index contributed by atoms with van der Waals surface area (Å²) in [5.74, 6) is 0. The Kier molecular flexibility index (Phi) is 14.8. The quantitative estimate of drug-likeness (QED) is 0.148. The average molecular weight is 1370 g/mol. The maximum atomic E-state index is 2.65. The first-order valence-electron chi connectivity index (χ1n) is 38.7. The van der Waals surface area contributed by atoms with Crippen LogP contribution < -0.4 is 26.2 Å². The lowest BCUT2D eigenvalue weighted by Gasteiger charge is -2.45. The molecule has 0 saturated heterocycles. The highest BCUT2D eigenvalue weighted by atomic mass is 15.2. The van der Waals surface area contributed by atoms with Crippen LogP contribution in [0.2, 0.25) is 0 Å². The van der Waals surface area contributed by atoms with Crippen LogP contribution in [0.3, 0.4) is 0 Å². The number of hydrogen-bond donors (Lipinski definition) is 0. The van der Waals surface area contributed by atoms with Gasteiger partial charge in [-0.3, -0.25) is 0 Å². The summed E-state index contributed by atoms with van der Waals surface area (Å²) in [6.45, 7) is 40.4. The van der Waals surface area contributed by atoms with Gasteiger partial charge in [-0.15, -0.1) is 0 Å². The van der Waals surface area contributed by atoms with Gasteiger partial charge in [-0.25, -0.2) is 0 Å². The molecule has 2 aromatic heterocycles. The number of anilines is 6. The molecule has 4 heterocycles. The summed E-state index contributed by atoms with van der Waals surface area (Å²) < 4.78 is 5.11. The molecule has 5 heteroatoms. The first-order valence-corrected chi connectivity index (χ1v) is 38.7. The maximum absolute atomic E-state index is 2.65. The third-order valence-electron chi connectivity index (χ3n) is 25.3. The van der Waals surface area contributed by atoms with E-state index in [0.717, 1.165) is 39.8 Å². The molecule has 0 N–H and O–H groups in total. The van der Waals surface area contributed by atoms with E-state index in [1.54, 1.807) is 0 Å². The van der Waals surface area contributed by atoms with E-state index in [0.29, 0.717) is 0 Å². The van der Waals surface area contributed by atoms with Crippen LogP contribution in [0.1, 0.15) is 182 Å². The highest BCUT2D eigenvalue weighted by Crippen LogP contribution is 2.53. The monoisotopic (exact) mass is 1370 g/mol. The summed E-state index contributed by atoms with van der Waals surface area (Å²) in [6.07, 6.45) is 4.71. The molecule has 2 aliphatic carbocycles. The third-order valence-corrected chi connectivity index (χ3v) is 25.3. The second kappa shape index (κ2) is 23.2. The average Bonchev–Trinajstić information content (AvgIpc) is 1.42. The van der Waals surface area contributed by atoms with E-state index < -0.39 is 0 Å². The van der Waals surface area contributed by atoms with Crippen LogP contribution in [-0.4, -0.2) is 15.8 Å². The standard InChI is InChI=1S/C100H99BN4/c1-94(2,3)67-37-48-87-76(57-67)77-58-68(95(4,5)6)38-49-88(77)104(87)71-43-47-84-90(59-71)103(70-41-32-63(33-42-70)65-35-45-80-82(55-65)100(16,17)53-51-98(80,12)13)92-61-72(105-85-28-22-19-25-74(85)75-26-20-23-29-86(75)105)60-91-93(92)101(84)83-46-36-66(73-24-18-21-27-78(73)96(7,8)9)56-89(83)102(91)69-39-30-62(31-40-69)64-34-44-79-81(54-64)99(14,15)52-50-97(79,10)11/h18-49,54-61H,50-53H2,1-17H3. The van der Waals surface area contributed by atoms with Crippen molar-refractivity contribution in [1.29, 1.82) is 0 Å². The summed E-state index contributed by atoms with van der Waals surface area (Å²) in [4.78, 5) is 5.29. The predicted octanol–water partition coefficient (Wildman–Crippen LogP) is 25.6. The van der Waals surface area contributed by atoms with Crippen LogP contribution in [0.4, 0.5) is 34.1 Å². The van der Waals surface area contributed by atoms with Crippen LogP contribution in [0.5, 0.6) is 0 Å².